The van der Waals surface area contributed by atoms with Gasteiger partial charge in [-0.1, -0.05) is 42.5 Å². The van der Waals surface area contributed by atoms with Crippen molar-refractivity contribution in [2.45, 2.75) is 4.90 Å². The molecule has 34 heavy (non-hydrogen) atoms. The standard InChI is InChI=1S/C26H19FN2O3S2/c1-28-26(30)19-14-23(21-10-3-4-11-22(21)27)29(16-19)34(31,32)20-9-6-8-17(13-20)25-15-18-7-2-5-12-24(18)33-25/h2-16H,1H3,(H,28,30). The summed E-state index contributed by atoms with van der Waals surface area (Å²) in [5, 5.41) is 3.56. The van der Waals surface area contributed by atoms with E-state index in [1.54, 1.807) is 29.5 Å². The Morgan fingerprint density at radius 3 is 2.47 bits per heavy atom. The molecule has 0 saturated heterocycles. The zero-order chi connectivity index (χ0) is 23.9. The second-order valence-corrected chi connectivity index (χ2v) is 10.5. The Labute approximate surface area is 200 Å². The molecule has 0 fully saturated rings. The fourth-order valence-corrected chi connectivity index (χ4v) is 6.30. The molecule has 2 heterocycles. The van der Waals surface area contributed by atoms with Gasteiger partial charge in [0.05, 0.1) is 16.2 Å². The van der Waals surface area contributed by atoms with Gasteiger partial charge in [-0.2, -0.15) is 0 Å². The highest BCUT2D eigenvalue weighted by molar-refractivity contribution is 7.90. The summed E-state index contributed by atoms with van der Waals surface area (Å²) in [6.07, 6.45) is 1.22. The molecule has 0 saturated carbocycles. The number of nitrogens with zero attached hydrogens (tertiary/aromatic N) is 1. The lowest BCUT2D eigenvalue weighted by Crippen LogP contribution is -2.17. The highest BCUT2D eigenvalue weighted by atomic mass is 32.2. The molecule has 0 spiro atoms. The first-order chi connectivity index (χ1) is 16.4. The molecular weight excluding hydrogens is 471 g/mol. The summed E-state index contributed by atoms with van der Waals surface area (Å²) >= 11 is 1.57. The fourth-order valence-electron chi connectivity index (χ4n) is 3.82. The number of carbonyl (C=O) groups excluding carboxylic acids is 1. The van der Waals surface area contributed by atoms with Crippen molar-refractivity contribution < 1.29 is 17.6 Å². The molecule has 0 atom stereocenters. The summed E-state index contributed by atoms with van der Waals surface area (Å²) in [5.74, 6) is -1.05. The molecule has 5 aromatic rings. The van der Waals surface area contributed by atoms with Crippen LogP contribution < -0.4 is 5.32 Å². The smallest absolute Gasteiger partial charge is 0.268 e. The van der Waals surface area contributed by atoms with Crippen molar-refractivity contribution in [1.29, 1.82) is 0 Å². The van der Waals surface area contributed by atoms with Crippen molar-refractivity contribution in [2.24, 2.45) is 0 Å². The third-order valence-corrected chi connectivity index (χ3v) is 8.36. The Hall–Kier alpha value is -3.75. The van der Waals surface area contributed by atoms with Crippen molar-refractivity contribution in [3.8, 4) is 21.7 Å². The lowest BCUT2D eigenvalue weighted by molar-refractivity contribution is 0.0963. The average Bonchev–Trinajstić information content (AvgIpc) is 3.49. The van der Waals surface area contributed by atoms with Crippen LogP contribution in [-0.2, 0) is 10.0 Å². The summed E-state index contributed by atoms with van der Waals surface area (Å²) in [4.78, 5) is 13.2. The van der Waals surface area contributed by atoms with Gasteiger partial charge in [0.1, 0.15) is 5.82 Å². The monoisotopic (exact) mass is 490 g/mol. The Morgan fingerprint density at radius 2 is 1.71 bits per heavy atom. The number of benzene rings is 3. The van der Waals surface area contributed by atoms with Gasteiger partial charge in [0.15, 0.2) is 0 Å². The van der Waals surface area contributed by atoms with Crippen LogP contribution >= 0.6 is 11.3 Å². The van der Waals surface area contributed by atoms with E-state index in [2.05, 4.69) is 5.32 Å². The molecule has 0 unspecified atom stereocenters. The van der Waals surface area contributed by atoms with Gasteiger partial charge < -0.3 is 5.32 Å². The Morgan fingerprint density at radius 1 is 0.941 bits per heavy atom. The number of amides is 1. The minimum absolute atomic E-state index is 0.0408. The number of hydrogen-bond donors (Lipinski definition) is 1. The summed E-state index contributed by atoms with van der Waals surface area (Å²) < 4.78 is 44.2. The van der Waals surface area contributed by atoms with Gasteiger partial charge in [-0.3, -0.25) is 4.79 Å². The molecule has 8 heteroatoms. The summed E-state index contributed by atoms with van der Waals surface area (Å²) in [6, 6.07) is 23.9. The quantitative estimate of drug-likeness (QED) is 0.340. The summed E-state index contributed by atoms with van der Waals surface area (Å²) in [7, 11) is -2.69. The molecule has 1 N–H and O–H groups in total. The van der Waals surface area contributed by atoms with E-state index >= 15 is 0 Å². The summed E-state index contributed by atoms with van der Waals surface area (Å²) in [5.41, 5.74) is 1.03. The zero-order valence-electron chi connectivity index (χ0n) is 18.0. The van der Waals surface area contributed by atoms with Crippen LogP contribution in [0, 0.1) is 5.82 Å². The Bertz CT molecular complexity index is 1620. The molecule has 0 aliphatic heterocycles. The van der Waals surface area contributed by atoms with Gasteiger partial charge in [0.2, 0.25) is 0 Å². The van der Waals surface area contributed by atoms with Crippen LogP contribution in [0.3, 0.4) is 0 Å². The molecule has 0 bridgehead atoms. The number of fused-ring (bicyclic) bond motifs is 1. The largest absolute Gasteiger partial charge is 0.355 e. The van der Waals surface area contributed by atoms with Crippen LogP contribution in [-0.4, -0.2) is 25.3 Å². The minimum atomic E-state index is -4.14. The van der Waals surface area contributed by atoms with Crippen LogP contribution in [0.2, 0.25) is 0 Å². The Balaban J connectivity index is 1.66. The van der Waals surface area contributed by atoms with E-state index in [1.165, 1.54) is 43.6 Å². The zero-order valence-corrected chi connectivity index (χ0v) is 19.7. The van der Waals surface area contributed by atoms with Crippen molar-refractivity contribution in [3.05, 3.63) is 103 Å². The van der Waals surface area contributed by atoms with Crippen molar-refractivity contribution in [1.82, 2.24) is 9.29 Å². The third kappa shape index (κ3) is 3.81. The van der Waals surface area contributed by atoms with E-state index in [4.69, 9.17) is 0 Å². The van der Waals surface area contributed by atoms with Gasteiger partial charge >= 0.3 is 0 Å². The van der Waals surface area contributed by atoms with E-state index in [0.717, 1.165) is 24.5 Å². The predicted octanol–water partition coefficient (Wildman–Crippen LogP) is 5.77. The fraction of sp³-hybridized carbons (Fsp3) is 0.0385. The van der Waals surface area contributed by atoms with Crippen LogP contribution in [0.15, 0.2) is 96.0 Å². The molecule has 0 aliphatic carbocycles. The summed E-state index contributed by atoms with van der Waals surface area (Å²) in [6.45, 7) is 0. The van der Waals surface area contributed by atoms with E-state index in [0.29, 0.717) is 0 Å². The molecule has 5 rings (SSSR count). The first kappa shape index (κ1) is 22.1. The third-order valence-electron chi connectivity index (χ3n) is 5.53. The predicted molar refractivity (Wildman–Crippen MR) is 133 cm³/mol. The second-order valence-electron chi connectivity index (χ2n) is 7.65. The van der Waals surface area contributed by atoms with Crippen LogP contribution in [0.5, 0.6) is 0 Å². The molecule has 1 amide bonds. The van der Waals surface area contributed by atoms with E-state index < -0.39 is 21.7 Å². The van der Waals surface area contributed by atoms with Crippen molar-refractivity contribution >= 4 is 37.4 Å². The topological polar surface area (TPSA) is 68.2 Å². The van der Waals surface area contributed by atoms with E-state index in [9.17, 15) is 17.6 Å². The van der Waals surface area contributed by atoms with Crippen molar-refractivity contribution in [3.63, 3.8) is 0 Å². The lowest BCUT2D eigenvalue weighted by Gasteiger charge is -2.12. The molecule has 0 radical (unpaired) electrons. The number of aromatic nitrogens is 1. The first-order valence-electron chi connectivity index (χ1n) is 10.4. The maximum atomic E-state index is 14.6. The Kier molecular flexibility index (Phi) is 5.55. The van der Waals surface area contributed by atoms with Crippen LogP contribution in [0.1, 0.15) is 10.4 Å². The van der Waals surface area contributed by atoms with Gasteiger partial charge in [0, 0.05) is 28.4 Å². The van der Waals surface area contributed by atoms with Crippen molar-refractivity contribution in [2.75, 3.05) is 7.05 Å². The molecule has 2 aromatic heterocycles. The van der Waals surface area contributed by atoms with E-state index in [-0.39, 0.29) is 21.7 Å². The number of hydrogen-bond acceptors (Lipinski definition) is 4. The maximum Gasteiger partial charge on any atom is 0.268 e. The normalized spacial score (nSPS) is 11.6. The average molecular weight is 491 g/mol. The second kappa shape index (κ2) is 8.55. The highest BCUT2D eigenvalue weighted by Gasteiger charge is 2.25. The molecule has 3 aromatic carbocycles. The van der Waals surface area contributed by atoms with Crippen LogP contribution in [0.25, 0.3) is 31.8 Å². The molecule has 0 aliphatic rings. The number of halogens is 1. The van der Waals surface area contributed by atoms with Gasteiger partial charge in [-0.15, -0.1) is 11.3 Å². The van der Waals surface area contributed by atoms with Gasteiger partial charge in [-0.05, 0) is 53.4 Å². The highest BCUT2D eigenvalue weighted by Crippen LogP contribution is 2.35. The number of carbonyl (C=O) groups is 1. The number of rotatable bonds is 5. The number of nitrogens with one attached hydrogen (secondary N) is 1. The minimum Gasteiger partial charge on any atom is -0.355 e. The van der Waals surface area contributed by atoms with Crippen LogP contribution in [0.4, 0.5) is 4.39 Å². The maximum absolute atomic E-state index is 14.6. The number of thiophene rings is 1. The first-order valence-corrected chi connectivity index (χ1v) is 12.7. The molecule has 170 valence electrons. The SMILES string of the molecule is CNC(=O)c1cc(-c2ccccc2F)n(S(=O)(=O)c2cccc(-c3cc4ccccc4s3)c2)c1. The van der Waals surface area contributed by atoms with E-state index in [1.807, 2.05) is 36.4 Å². The molecular formula is C26H19FN2O3S2. The molecule has 5 nitrogen and oxygen atoms in total. The van der Waals surface area contributed by atoms with Gasteiger partial charge in [-0.25, -0.2) is 16.8 Å². The lowest BCUT2D eigenvalue weighted by atomic mass is 10.1. The van der Waals surface area contributed by atoms with Gasteiger partial charge in [0.25, 0.3) is 15.9 Å².